The third-order valence-electron chi connectivity index (χ3n) is 5.96. The maximum atomic E-state index is 13.2. The number of ether oxygens (including phenoxy) is 2. The zero-order valence-corrected chi connectivity index (χ0v) is 17.6. The molecular formula is C22H23N3O6. The highest BCUT2D eigenvalue weighted by atomic mass is 16.6. The van der Waals surface area contributed by atoms with E-state index in [-0.39, 0.29) is 29.6 Å². The molecule has 0 radical (unpaired) electrons. The number of hydrogen-bond acceptors (Lipinski definition) is 7. The molecular weight excluding hydrogens is 402 g/mol. The molecule has 9 heteroatoms. The van der Waals surface area contributed by atoms with Gasteiger partial charge < -0.3 is 9.47 Å². The molecule has 162 valence electrons. The van der Waals surface area contributed by atoms with Crippen molar-refractivity contribution in [3.05, 3.63) is 57.1 Å². The van der Waals surface area contributed by atoms with Crippen LogP contribution in [0.1, 0.15) is 23.1 Å². The molecule has 0 unspecified atom stereocenters. The first-order valence-electron chi connectivity index (χ1n) is 9.93. The lowest BCUT2D eigenvalue weighted by Gasteiger charge is -2.32. The maximum absolute atomic E-state index is 13.2. The zero-order chi connectivity index (χ0) is 22.3. The lowest BCUT2D eigenvalue weighted by Crippen LogP contribution is -2.44. The first-order chi connectivity index (χ1) is 14.8. The van der Waals surface area contributed by atoms with Gasteiger partial charge in [-0.3, -0.25) is 24.6 Å². The van der Waals surface area contributed by atoms with Gasteiger partial charge in [0.25, 0.3) is 11.6 Å². The Morgan fingerprint density at radius 3 is 2.39 bits per heavy atom. The minimum Gasteiger partial charge on any atom is -0.493 e. The van der Waals surface area contributed by atoms with Gasteiger partial charge in [0.2, 0.25) is 5.91 Å². The highest BCUT2D eigenvalue weighted by molar-refractivity contribution is 6.22. The molecule has 0 spiro atoms. The summed E-state index contributed by atoms with van der Waals surface area (Å²) in [5, 5.41) is 11.3. The number of nitro benzene ring substituents is 1. The second-order valence-electron chi connectivity index (χ2n) is 7.71. The van der Waals surface area contributed by atoms with E-state index in [9.17, 15) is 19.7 Å². The molecule has 31 heavy (non-hydrogen) atoms. The van der Waals surface area contributed by atoms with Crippen molar-refractivity contribution in [2.75, 3.05) is 25.7 Å². The summed E-state index contributed by atoms with van der Waals surface area (Å²) in [7, 11) is 3.16. The maximum Gasteiger partial charge on any atom is 0.274 e. The fourth-order valence-corrected chi connectivity index (χ4v) is 4.28. The molecule has 2 aromatic carbocycles. The van der Waals surface area contributed by atoms with Crippen LogP contribution >= 0.6 is 0 Å². The summed E-state index contributed by atoms with van der Waals surface area (Å²) < 4.78 is 10.8. The van der Waals surface area contributed by atoms with Crippen molar-refractivity contribution in [1.82, 2.24) is 4.90 Å². The van der Waals surface area contributed by atoms with Crippen LogP contribution < -0.4 is 14.4 Å². The Kier molecular flexibility index (Phi) is 5.36. The molecule has 0 N–H and O–H groups in total. The minimum absolute atomic E-state index is 0.0448. The zero-order valence-electron chi connectivity index (χ0n) is 17.6. The molecule has 1 atom stereocenters. The average Bonchev–Trinajstić information content (AvgIpc) is 3.06. The molecule has 0 aromatic heterocycles. The van der Waals surface area contributed by atoms with Crippen LogP contribution in [0.5, 0.6) is 11.5 Å². The van der Waals surface area contributed by atoms with Gasteiger partial charge >= 0.3 is 0 Å². The van der Waals surface area contributed by atoms with E-state index in [1.54, 1.807) is 33.3 Å². The van der Waals surface area contributed by atoms with Crippen molar-refractivity contribution < 1.29 is 24.0 Å². The van der Waals surface area contributed by atoms with E-state index in [1.807, 2.05) is 17.0 Å². The number of carbonyl (C=O) groups is 2. The van der Waals surface area contributed by atoms with Crippen LogP contribution in [0.2, 0.25) is 0 Å². The Labute approximate surface area is 179 Å². The molecule has 1 fully saturated rings. The largest absolute Gasteiger partial charge is 0.493 e. The van der Waals surface area contributed by atoms with Crippen LogP contribution in [-0.4, -0.2) is 48.4 Å². The summed E-state index contributed by atoms with van der Waals surface area (Å²) in [4.78, 5) is 39.7. The summed E-state index contributed by atoms with van der Waals surface area (Å²) in [6.07, 6.45) is 0.757. The van der Waals surface area contributed by atoms with Crippen molar-refractivity contribution in [2.24, 2.45) is 0 Å². The SMILES string of the molecule is COc1cc2c(cc1OC)CN([C@H]1CC(=O)N(c3ccc(C)c([N+](=O)[O-])c3)C1=O)CC2. The van der Waals surface area contributed by atoms with Gasteiger partial charge in [-0.15, -0.1) is 0 Å². The Bertz CT molecular complexity index is 1080. The lowest BCUT2D eigenvalue weighted by molar-refractivity contribution is -0.385. The normalized spacial score (nSPS) is 18.8. The van der Waals surface area contributed by atoms with E-state index in [1.165, 1.54) is 6.07 Å². The van der Waals surface area contributed by atoms with Crippen LogP contribution in [-0.2, 0) is 22.6 Å². The molecule has 4 rings (SSSR count). The van der Waals surface area contributed by atoms with E-state index < -0.39 is 11.0 Å². The van der Waals surface area contributed by atoms with Gasteiger partial charge in [-0.2, -0.15) is 0 Å². The number of benzene rings is 2. The highest BCUT2D eigenvalue weighted by Crippen LogP contribution is 2.36. The number of hydrogen-bond donors (Lipinski definition) is 0. The van der Waals surface area contributed by atoms with Crippen molar-refractivity contribution in [3.63, 3.8) is 0 Å². The van der Waals surface area contributed by atoms with Gasteiger partial charge in [-0.1, -0.05) is 6.07 Å². The Hall–Kier alpha value is -3.46. The van der Waals surface area contributed by atoms with Gasteiger partial charge in [-0.05, 0) is 42.7 Å². The quantitative estimate of drug-likeness (QED) is 0.412. The first kappa shape index (κ1) is 20.8. The highest BCUT2D eigenvalue weighted by Gasteiger charge is 2.43. The number of nitrogens with zero attached hydrogens (tertiary/aromatic N) is 3. The average molecular weight is 425 g/mol. The van der Waals surface area contributed by atoms with E-state index in [0.29, 0.717) is 36.6 Å². The molecule has 2 amide bonds. The summed E-state index contributed by atoms with van der Waals surface area (Å²) in [5.41, 5.74) is 2.74. The molecule has 2 aliphatic heterocycles. The van der Waals surface area contributed by atoms with Crippen LogP contribution in [0.3, 0.4) is 0 Å². The predicted molar refractivity (Wildman–Crippen MR) is 112 cm³/mol. The van der Waals surface area contributed by atoms with Gasteiger partial charge in [0.1, 0.15) is 0 Å². The van der Waals surface area contributed by atoms with Crippen LogP contribution in [0.25, 0.3) is 0 Å². The molecule has 2 aromatic rings. The number of methoxy groups -OCH3 is 2. The summed E-state index contributed by atoms with van der Waals surface area (Å²) in [5.74, 6) is 0.567. The fraction of sp³-hybridized carbons (Fsp3) is 0.364. The molecule has 0 bridgehead atoms. The number of carbonyl (C=O) groups excluding carboxylic acids is 2. The number of imide groups is 1. The molecule has 1 saturated heterocycles. The van der Waals surface area contributed by atoms with Crippen molar-refractivity contribution in [2.45, 2.75) is 32.4 Å². The molecule has 2 heterocycles. The smallest absolute Gasteiger partial charge is 0.274 e. The van der Waals surface area contributed by atoms with Crippen molar-refractivity contribution in [3.8, 4) is 11.5 Å². The molecule has 2 aliphatic rings. The summed E-state index contributed by atoms with van der Waals surface area (Å²) in [6.45, 7) is 2.74. The van der Waals surface area contributed by atoms with Gasteiger partial charge in [-0.25, -0.2) is 4.90 Å². The number of amides is 2. The monoisotopic (exact) mass is 425 g/mol. The van der Waals surface area contributed by atoms with E-state index in [2.05, 4.69) is 0 Å². The predicted octanol–water partition coefficient (Wildman–Crippen LogP) is 2.61. The number of fused-ring (bicyclic) bond motifs is 1. The standard InChI is InChI=1S/C22H23N3O6/c1-13-4-5-16(10-17(13)25(28)29)24-21(26)11-18(22(24)27)23-7-6-14-8-19(30-2)20(31-3)9-15(14)12-23/h4-5,8-10,18H,6-7,11-12H2,1-3H3/t18-/m0/s1. The van der Waals surface area contributed by atoms with Gasteiger partial charge in [0.15, 0.2) is 11.5 Å². The summed E-state index contributed by atoms with van der Waals surface area (Å²) >= 11 is 0. The van der Waals surface area contributed by atoms with Crippen LogP contribution in [0.4, 0.5) is 11.4 Å². The van der Waals surface area contributed by atoms with E-state index in [4.69, 9.17) is 9.47 Å². The molecule has 0 aliphatic carbocycles. The van der Waals surface area contributed by atoms with Crippen molar-refractivity contribution in [1.29, 1.82) is 0 Å². The first-order valence-corrected chi connectivity index (χ1v) is 9.93. The number of anilines is 1. The lowest BCUT2D eigenvalue weighted by atomic mass is 9.97. The second-order valence-corrected chi connectivity index (χ2v) is 7.71. The van der Waals surface area contributed by atoms with Gasteiger partial charge in [0.05, 0.1) is 37.3 Å². The van der Waals surface area contributed by atoms with E-state index in [0.717, 1.165) is 16.0 Å². The van der Waals surface area contributed by atoms with E-state index >= 15 is 0 Å². The fourth-order valence-electron chi connectivity index (χ4n) is 4.28. The van der Waals surface area contributed by atoms with Crippen LogP contribution in [0.15, 0.2) is 30.3 Å². The third-order valence-corrected chi connectivity index (χ3v) is 5.96. The summed E-state index contributed by atoms with van der Waals surface area (Å²) in [6, 6.07) is 7.67. The van der Waals surface area contributed by atoms with Crippen LogP contribution in [0, 0.1) is 17.0 Å². The Morgan fingerprint density at radius 2 is 1.74 bits per heavy atom. The Morgan fingerprint density at radius 1 is 1.06 bits per heavy atom. The number of nitro groups is 1. The Balaban J connectivity index is 1.59. The molecule has 9 nitrogen and oxygen atoms in total. The minimum atomic E-state index is -0.603. The topological polar surface area (TPSA) is 102 Å². The van der Waals surface area contributed by atoms with Gasteiger partial charge in [0, 0.05) is 24.7 Å². The number of rotatable bonds is 5. The molecule has 0 saturated carbocycles. The third kappa shape index (κ3) is 3.61. The second kappa shape index (κ2) is 7.99. The van der Waals surface area contributed by atoms with Crippen molar-refractivity contribution >= 4 is 23.2 Å². The number of aryl methyl sites for hydroxylation is 1.